The molecule has 7 nitrogen and oxygen atoms in total. The number of thioether (sulfide) groups is 1. The van der Waals surface area contributed by atoms with Crippen molar-refractivity contribution in [2.75, 3.05) is 11.1 Å². The zero-order valence-electron chi connectivity index (χ0n) is 13.2. The fourth-order valence-corrected chi connectivity index (χ4v) is 4.85. The van der Waals surface area contributed by atoms with Crippen molar-refractivity contribution >= 4 is 46.6 Å². The summed E-state index contributed by atoms with van der Waals surface area (Å²) in [5.74, 6) is -0.0812. The summed E-state index contributed by atoms with van der Waals surface area (Å²) in [5.41, 5.74) is 1.51. The zero-order valence-corrected chi connectivity index (χ0v) is 14.8. The Hall–Kier alpha value is -2.58. The summed E-state index contributed by atoms with van der Waals surface area (Å²) < 4.78 is 0. The van der Waals surface area contributed by atoms with Crippen molar-refractivity contribution in [3.05, 3.63) is 68.7 Å². The van der Waals surface area contributed by atoms with Crippen LogP contribution in [0.2, 0.25) is 5.02 Å². The number of nitro groups is 1. The molecule has 2 atom stereocenters. The molecule has 2 amide bonds. The molecular formula is C17H12ClN3O4S. The van der Waals surface area contributed by atoms with Gasteiger partial charge in [-0.05, 0) is 23.8 Å². The maximum absolute atomic E-state index is 12.7. The van der Waals surface area contributed by atoms with E-state index in [1.165, 1.54) is 30.0 Å². The number of carbonyl (C=O) groups is 2. The van der Waals surface area contributed by atoms with Gasteiger partial charge in [-0.15, -0.1) is 11.8 Å². The van der Waals surface area contributed by atoms with E-state index in [0.29, 0.717) is 11.3 Å². The Morgan fingerprint density at radius 2 is 2.08 bits per heavy atom. The number of rotatable bonds is 3. The molecule has 1 N–H and O–H groups in total. The molecule has 0 aromatic heterocycles. The Labute approximate surface area is 157 Å². The highest BCUT2D eigenvalue weighted by atomic mass is 35.5. The van der Waals surface area contributed by atoms with E-state index in [1.807, 2.05) is 12.1 Å². The zero-order chi connectivity index (χ0) is 18.4. The van der Waals surface area contributed by atoms with E-state index < -0.39 is 11.0 Å². The first kappa shape index (κ1) is 16.9. The van der Waals surface area contributed by atoms with E-state index >= 15 is 0 Å². The van der Waals surface area contributed by atoms with Crippen LogP contribution in [0, 0.1) is 10.1 Å². The third kappa shape index (κ3) is 2.62. The van der Waals surface area contributed by atoms with E-state index in [9.17, 15) is 19.7 Å². The van der Waals surface area contributed by atoms with Gasteiger partial charge < -0.3 is 10.2 Å². The number of benzene rings is 2. The van der Waals surface area contributed by atoms with E-state index in [0.717, 1.165) is 5.56 Å². The summed E-state index contributed by atoms with van der Waals surface area (Å²) in [6, 6.07) is 10.7. The van der Waals surface area contributed by atoms with Gasteiger partial charge in [0.05, 0.1) is 4.92 Å². The Kier molecular flexibility index (Phi) is 4.08. The van der Waals surface area contributed by atoms with Crippen LogP contribution in [0.1, 0.15) is 21.3 Å². The average molecular weight is 390 g/mol. The maximum atomic E-state index is 12.7. The molecule has 1 saturated heterocycles. The smallest absolute Gasteiger partial charge is 0.289 e. The molecule has 0 radical (unpaired) electrons. The number of nitrogens with zero attached hydrogens (tertiary/aromatic N) is 2. The SMILES string of the molecule is O=C(Nc1ccc(Cl)c([N+](=O)[O-])c1)[C@@H]1CSC2c3ccccc3C(=O)N21. The van der Waals surface area contributed by atoms with Gasteiger partial charge in [-0.25, -0.2) is 0 Å². The number of fused-ring (bicyclic) bond motifs is 3. The van der Waals surface area contributed by atoms with Crippen LogP contribution in [0.3, 0.4) is 0 Å². The van der Waals surface area contributed by atoms with Crippen molar-refractivity contribution in [3.8, 4) is 0 Å². The second-order valence-electron chi connectivity index (χ2n) is 5.91. The van der Waals surface area contributed by atoms with Gasteiger partial charge in [-0.2, -0.15) is 0 Å². The number of hydrogen-bond donors (Lipinski definition) is 1. The van der Waals surface area contributed by atoms with Crippen molar-refractivity contribution in [1.29, 1.82) is 0 Å². The van der Waals surface area contributed by atoms with Crippen LogP contribution in [0.15, 0.2) is 42.5 Å². The van der Waals surface area contributed by atoms with Crippen LogP contribution < -0.4 is 5.32 Å². The van der Waals surface area contributed by atoms with E-state index in [4.69, 9.17) is 11.6 Å². The summed E-state index contributed by atoms with van der Waals surface area (Å²) in [6.07, 6.45) is 0. The lowest BCUT2D eigenvalue weighted by molar-refractivity contribution is -0.384. The Morgan fingerprint density at radius 3 is 2.85 bits per heavy atom. The number of nitro benzene ring substituents is 1. The monoisotopic (exact) mass is 389 g/mol. The number of carbonyl (C=O) groups excluding carboxylic acids is 2. The van der Waals surface area contributed by atoms with Crippen molar-refractivity contribution in [1.82, 2.24) is 4.90 Å². The standard InChI is InChI=1S/C17H12ClN3O4S/c18-12-6-5-9(7-13(12)21(24)25)19-15(22)14-8-26-17-11-4-2-1-3-10(11)16(23)20(14)17/h1-7,14,17H,8H2,(H,19,22)/t14-,17?/m0/s1. The number of halogens is 1. The van der Waals surface area contributed by atoms with Crippen molar-refractivity contribution in [3.63, 3.8) is 0 Å². The molecule has 0 saturated carbocycles. The van der Waals surface area contributed by atoms with Crippen LogP contribution in [0.5, 0.6) is 0 Å². The van der Waals surface area contributed by atoms with Crippen LogP contribution >= 0.6 is 23.4 Å². The molecule has 0 bridgehead atoms. The Balaban J connectivity index is 1.57. The number of nitrogens with one attached hydrogen (secondary N) is 1. The largest absolute Gasteiger partial charge is 0.324 e. The van der Waals surface area contributed by atoms with E-state index in [-0.39, 0.29) is 33.6 Å². The molecule has 1 fully saturated rings. The molecule has 2 aliphatic heterocycles. The summed E-state index contributed by atoms with van der Waals surface area (Å²) in [6.45, 7) is 0. The van der Waals surface area contributed by atoms with Gasteiger partial charge in [-0.1, -0.05) is 29.8 Å². The fourth-order valence-electron chi connectivity index (χ4n) is 3.20. The molecule has 2 aliphatic rings. The topological polar surface area (TPSA) is 92.5 Å². The molecule has 2 heterocycles. The van der Waals surface area contributed by atoms with Crippen LogP contribution in [-0.4, -0.2) is 33.4 Å². The minimum atomic E-state index is -0.639. The van der Waals surface area contributed by atoms with E-state index in [2.05, 4.69) is 5.32 Å². The summed E-state index contributed by atoms with van der Waals surface area (Å²) >= 11 is 7.32. The van der Waals surface area contributed by atoms with Crippen molar-refractivity contribution < 1.29 is 14.5 Å². The highest BCUT2D eigenvalue weighted by Crippen LogP contribution is 2.48. The third-order valence-corrected chi connectivity index (χ3v) is 6.03. The normalized spacial score (nSPS) is 20.7. The predicted molar refractivity (Wildman–Crippen MR) is 98.3 cm³/mol. The van der Waals surface area contributed by atoms with E-state index in [1.54, 1.807) is 17.0 Å². The van der Waals surface area contributed by atoms with Gasteiger partial charge in [0.1, 0.15) is 16.4 Å². The first-order valence-corrected chi connectivity index (χ1v) is 9.18. The van der Waals surface area contributed by atoms with Crippen LogP contribution in [0.4, 0.5) is 11.4 Å². The Morgan fingerprint density at radius 1 is 1.31 bits per heavy atom. The summed E-state index contributed by atoms with van der Waals surface area (Å²) in [4.78, 5) is 37.3. The van der Waals surface area contributed by atoms with Gasteiger partial charge in [0.15, 0.2) is 0 Å². The molecular weight excluding hydrogens is 378 g/mol. The number of hydrogen-bond acceptors (Lipinski definition) is 5. The lowest BCUT2D eigenvalue weighted by atomic mass is 10.1. The molecule has 132 valence electrons. The first-order chi connectivity index (χ1) is 12.5. The molecule has 0 aliphatic carbocycles. The van der Waals surface area contributed by atoms with Crippen molar-refractivity contribution in [2.24, 2.45) is 0 Å². The number of anilines is 1. The highest BCUT2D eigenvalue weighted by molar-refractivity contribution is 7.99. The summed E-state index contributed by atoms with van der Waals surface area (Å²) in [7, 11) is 0. The van der Waals surface area contributed by atoms with Gasteiger partial charge in [-0.3, -0.25) is 19.7 Å². The lowest BCUT2D eigenvalue weighted by Gasteiger charge is -2.22. The quantitative estimate of drug-likeness (QED) is 0.641. The molecule has 2 aromatic rings. The molecule has 0 spiro atoms. The average Bonchev–Trinajstić information content (AvgIpc) is 3.17. The molecule has 2 aromatic carbocycles. The minimum Gasteiger partial charge on any atom is -0.324 e. The van der Waals surface area contributed by atoms with Gasteiger partial charge in [0, 0.05) is 23.1 Å². The first-order valence-electron chi connectivity index (χ1n) is 7.75. The molecule has 9 heteroatoms. The van der Waals surface area contributed by atoms with Crippen LogP contribution in [0.25, 0.3) is 0 Å². The highest BCUT2D eigenvalue weighted by Gasteiger charge is 2.48. The predicted octanol–water partition coefficient (Wildman–Crippen LogP) is 3.46. The Bertz CT molecular complexity index is 951. The summed E-state index contributed by atoms with van der Waals surface area (Å²) in [5, 5.41) is 13.5. The number of amides is 2. The molecule has 26 heavy (non-hydrogen) atoms. The third-order valence-electron chi connectivity index (χ3n) is 4.41. The second-order valence-corrected chi connectivity index (χ2v) is 7.43. The maximum Gasteiger partial charge on any atom is 0.289 e. The van der Waals surface area contributed by atoms with Crippen molar-refractivity contribution in [2.45, 2.75) is 11.4 Å². The second kappa shape index (κ2) is 6.30. The minimum absolute atomic E-state index is 0.00495. The lowest BCUT2D eigenvalue weighted by Crippen LogP contribution is -2.42. The van der Waals surface area contributed by atoms with Gasteiger partial charge in [0.25, 0.3) is 11.6 Å². The fraction of sp³-hybridized carbons (Fsp3) is 0.176. The van der Waals surface area contributed by atoms with Gasteiger partial charge in [0.2, 0.25) is 5.91 Å². The molecule has 4 rings (SSSR count). The van der Waals surface area contributed by atoms with Crippen LogP contribution in [-0.2, 0) is 4.79 Å². The molecule has 1 unspecified atom stereocenters. The van der Waals surface area contributed by atoms with Gasteiger partial charge >= 0.3 is 0 Å².